The van der Waals surface area contributed by atoms with Crippen LogP contribution in [0.2, 0.25) is 0 Å². The van der Waals surface area contributed by atoms with E-state index in [4.69, 9.17) is 0 Å². The number of nitrogens with one attached hydrogen (secondary N) is 2. The summed E-state index contributed by atoms with van der Waals surface area (Å²) in [5.41, 5.74) is 2.36. The minimum absolute atomic E-state index is 0.209. The predicted molar refractivity (Wildman–Crippen MR) is 78.4 cm³/mol. The van der Waals surface area contributed by atoms with Crippen LogP contribution in [0, 0.1) is 12.8 Å². The van der Waals surface area contributed by atoms with Crippen molar-refractivity contribution < 1.29 is 5.11 Å². The number of benzene rings is 1. The van der Waals surface area contributed by atoms with Gasteiger partial charge in [0.25, 0.3) is 0 Å². The van der Waals surface area contributed by atoms with E-state index >= 15 is 0 Å². The Bertz CT molecular complexity index is 569. The number of nitrogens with zero attached hydrogens (tertiary/aromatic N) is 1. The van der Waals surface area contributed by atoms with Crippen molar-refractivity contribution >= 4 is 21.6 Å². The summed E-state index contributed by atoms with van der Waals surface area (Å²) >= 11 is 1.74. The lowest BCUT2D eigenvalue weighted by Gasteiger charge is -2.14. The second-order valence-electron chi connectivity index (χ2n) is 5.15. The highest BCUT2D eigenvalue weighted by Gasteiger charge is 2.23. The first-order valence-corrected chi connectivity index (χ1v) is 7.49. The molecule has 19 heavy (non-hydrogen) atoms. The smallest absolute Gasteiger partial charge is 0.0907 e. The minimum Gasteiger partial charge on any atom is -0.391 e. The molecule has 4 nitrogen and oxygen atoms in total. The normalized spacial score (nSPS) is 23.3. The van der Waals surface area contributed by atoms with Crippen molar-refractivity contribution in [3.05, 3.63) is 28.8 Å². The lowest BCUT2D eigenvalue weighted by Crippen LogP contribution is -2.30. The first-order valence-electron chi connectivity index (χ1n) is 6.68. The first kappa shape index (κ1) is 13.0. The zero-order valence-electron chi connectivity index (χ0n) is 11.0. The Hall–Kier alpha value is -1.01. The van der Waals surface area contributed by atoms with Crippen LogP contribution in [0.5, 0.6) is 0 Å². The number of fused-ring (bicyclic) bond motifs is 1. The summed E-state index contributed by atoms with van der Waals surface area (Å²) in [5.74, 6) is 0.328. The topological polar surface area (TPSA) is 57.2 Å². The molecule has 1 aromatic carbocycles. The fraction of sp³-hybridized carbons (Fsp3) is 0.500. The van der Waals surface area contributed by atoms with Gasteiger partial charge in [-0.2, -0.15) is 0 Å². The molecule has 2 atom stereocenters. The molecule has 1 fully saturated rings. The molecular weight excluding hydrogens is 258 g/mol. The summed E-state index contributed by atoms with van der Waals surface area (Å²) in [4.78, 5) is 4.46. The second-order valence-corrected chi connectivity index (χ2v) is 6.39. The largest absolute Gasteiger partial charge is 0.391 e. The molecule has 0 saturated carbocycles. The fourth-order valence-corrected chi connectivity index (χ4v) is 3.41. The molecule has 1 aromatic heterocycles. The fourth-order valence-electron chi connectivity index (χ4n) is 2.52. The third-order valence-corrected chi connectivity index (χ3v) is 4.53. The van der Waals surface area contributed by atoms with Crippen molar-refractivity contribution in [2.24, 2.45) is 5.92 Å². The van der Waals surface area contributed by atoms with Crippen LogP contribution in [0.4, 0.5) is 0 Å². The molecule has 1 aliphatic heterocycles. The molecule has 102 valence electrons. The van der Waals surface area contributed by atoms with Crippen molar-refractivity contribution in [3.8, 4) is 0 Å². The number of hydrogen-bond donors (Lipinski definition) is 3. The van der Waals surface area contributed by atoms with Gasteiger partial charge in [-0.05, 0) is 24.6 Å². The van der Waals surface area contributed by atoms with Gasteiger partial charge in [0.15, 0.2) is 0 Å². The van der Waals surface area contributed by atoms with E-state index in [9.17, 15) is 5.11 Å². The maximum Gasteiger partial charge on any atom is 0.0907 e. The van der Waals surface area contributed by atoms with Crippen LogP contribution in [-0.4, -0.2) is 35.8 Å². The average molecular weight is 277 g/mol. The van der Waals surface area contributed by atoms with Crippen molar-refractivity contribution in [2.75, 3.05) is 19.6 Å². The Morgan fingerprint density at radius 2 is 2.37 bits per heavy atom. The first-order chi connectivity index (χ1) is 9.22. The third-order valence-electron chi connectivity index (χ3n) is 3.60. The van der Waals surface area contributed by atoms with E-state index < -0.39 is 0 Å². The number of hydrogen-bond acceptors (Lipinski definition) is 5. The van der Waals surface area contributed by atoms with Gasteiger partial charge in [-0.1, -0.05) is 6.07 Å². The highest BCUT2D eigenvalue weighted by atomic mass is 32.1. The number of rotatable bonds is 4. The Kier molecular flexibility index (Phi) is 3.79. The SMILES string of the molecule is Cc1nc2ccc(CNCC3CNCC3O)cc2s1. The molecule has 0 spiro atoms. The summed E-state index contributed by atoms with van der Waals surface area (Å²) in [5, 5.41) is 17.5. The summed E-state index contributed by atoms with van der Waals surface area (Å²) in [7, 11) is 0. The van der Waals surface area contributed by atoms with E-state index in [0.29, 0.717) is 5.92 Å². The van der Waals surface area contributed by atoms with Gasteiger partial charge < -0.3 is 15.7 Å². The van der Waals surface area contributed by atoms with Crippen LogP contribution in [-0.2, 0) is 6.54 Å². The van der Waals surface area contributed by atoms with Gasteiger partial charge in [0.1, 0.15) is 0 Å². The second kappa shape index (κ2) is 5.54. The molecule has 0 radical (unpaired) electrons. The van der Waals surface area contributed by atoms with Crippen molar-refractivity contribution in [1.82, 2.24) is 15.6 Å². The Morgan fingerprint density at radius 3 is 3.16 bits per heavy atom. The number of thiazole rings is 1. The van der Waals surface area contributed by atoms with Crippen LogP contribution < -0.4 is 10.6 Å². The van der Waals surface area contributed by atoms with E-state index in [2.05, 4.69) is 33.8 Å². The number of aliphatic hydroxyl groups is 1. The van der Waals surface area contributed by atoms with E-state index in [-0.39, 0.29) is 6.10 Å². The number of aryl methyl sites for hydroxylation is 1. The molecule has 1 saturated heterocycles. The van der Waals surface area contributed by atoms with E-state index in [0.717, 1.165) is 36.7 Å². The lowest BCUT2D eigenvalue weighted by atomic mass is 10.1. The van der Waals surface area contributed by atoms with Crippen LogP contribution in [0.25, 0.3) is 10.2 Å². The van der Waals surface area contributed by atoms with Crippen molar-refractivity contribution in [2.45, 2.75) is 19.6 Å². The van der Waals surface area contributed by atoms with Gasteiger partial charge in [0, 0.05) is 32.1 Å². The zero-order valence-corrected chi connectivity index (χ0v) is 11.8. The van der Waals surface area contributed by atoms with E-state index in [1.165, 1.54) is 10.3 Å². The molecule has 2 aromatic rings. The van der Waals surface area contributed by atoms with Crippen LogP contribution in [0.1, 0.15) is 10.6 Å². The van der Waals surface area contributed by atoms with Crippen LogP contribution in [0.15, 0.2) is 18.2 Å². The summed E-state index contributed by atoms with van der Waals surface area (Å²) in [6.45, 7) is 5.36. The maximum atomic E-state index is 9.72. The Labute approximate surface area is 116 Å². The van der Waals surface area contributed by atoms with Gasteiger partial charge in [0.2, 0.25) is 0 Å². The van der Waals surface area contributed by atoms with Crippen molar-refractivity contribution in [1.29, 1.82) is 0 Å². The van der Waals surface area contributed by atoms with Gasteiger partial charge in [-0.25, -0.2) is 4.98 Å². The lowest BCUT2D eigenvalue weighted by molar-refractivity contribution is 0.146. The van der Waals surface area contributed by atoms with Crippen LogP contribution >= 0.6 is 11.3 Å². The van der Waals surface area contributed by atoms with Crippen molar-refractivity contribution in [3.63, 3.8) is 0 Å². The highest BCUT2D eigenvalue weighted by molar-refractivity contribution is 7.18. The number of aromatic nitrogens is 1. The molecule has 3 N–H and O–H groups in total. The van der Waals surface area contributed by atoms with Gasteiger partial charge in [-0.15, -0.1) is 11.3 Å². The molecular formula is C14H19N3OS. The Morgan fingerprint density at radius 1 is 1.47 bits per heavy atom. The molecule has 2 unspecified atom stereocenters. The quantitative estimate of drug-likeness (QED) is 0.788. The standard InChI is InChI=1S/C14H19N3OS/c1-9-17-12-3-2-10(4-14(12)19-9)5-15-6-11-7-16-8-13(11)18/h2-4,11,13,15-16,18H,5-8H2,1H3. The molecule has 3 rings (SSSR count). The van der Waals surface area contributed by atoms with Gasteiger partial charge in [0.05, 0.1) is 21.3 Å². The third kappa shape index (κ3) is 2.95. The molecule has 0 bridgehead atoms. The van der Waals surface area contributed by atoms with Gasteiger partial charge >= 0.3 is 0 Å². The maximum absolute atomic E-state index is 9.72. The van der Waals surface area contributed by atoms with E-state index in [1.807, 2.05) is 6.92 Å². The summed E-state index contributed by atoms with van der Waals surface area (Å²) in [6, 6.07) is 6.41. The molecule has 2 heterocycles. The number of aliphatic hydroxyl groups excluding tert-OH is 1. The average Bonchev–Trinajstić information content (AvgIpc) is 2.94. The molecule has 0 aliphatic carbocycles. The van der Waals surface area contributed by atoms with E-state index in [1.54, 1.807) is 11.3 Å². The zero-order chi connectivity index (χ0) is 13.2. The minimum atomic E-state index is -0.209. The van der Waals surface area contributed by atoms with Crippen LogP contribution in [0.3, 0.4) is 0 Å². The predicted octanol–water partition coefficient (Wildman–Crippen LogP) is 1.27. The Balaban J connectivity index is 1.58. The summed E-state index contributed by atoms with van der Waals surface area (Å²) < 4.78 is 1.25. The highest BCUT2D eigenvalue weighted by Crippen LogP contribution is 2.22. The molecule has 1 aliphatic rings. The summed E-state index contributed by atoms with van der Waals surface area (Å²) in [6.07, 6.45) is -0.209. The van der Waals surface area contributed by atoms with Gasteiger partial charge in [-0.3, -0.25) is 0 Å². The molecule has 0 amide bonds. The molecule has 5 heteroatoms. The monoisotopic (exact) mass is 277 g/mol. The number of β-amino-alcohol motifs (C(OH)–C–C–N with tert-alkyl or cyclic N) is 1.